The van der Waals surface area contributed by atoms with Crippen molar-refractivity contribution in [3.8, 4) is 0 Å². The molecule has 0 spiro atoms. The highest BCUT2D eigenvalue weighted by Gasteiger charge is 2.09. The Morgan fingerprint density at radius 1 is 1.50 bits per heavy atom. The third kappa shape index (κ3) is 3.86. The molecule has 14 heavy (non-hydrogen) atoms. The van der Waals surface area contributed by atoms with Gasteiger partial charge in [0.2, 0.25) is 0 Å². The number of allylic oxidation sites excluding steroid dienone is 2. The molecule has 0 saturated carbocycles. The maximum absolute atomic E-state index is 7.23. The summed E-state index contributed by atoms with van der Waals surface area (Å²) in [5.74, 6) is 0. The number of aliphatic imine (C=N–C) groups is 1. The first-order chi connectivity index (χ1) is 6.40. The summed E-state index contributed by atoms with van der Waals surface area (Å²) in [6.45, 7) is 6.94. The van der Waals surface area contributed by atoms with Gasteiger partial charge < -0.3 is 5.73 Å². The van der Waals surface area contributed by atoms with Gasteiger partial charge in [-0.1, -0.05) is 0 Å². The number of halogens is 1. The zero-order chi connectivity index (χ0) is 11.3. The quantitative estimate of drug-likeness (QED) is 0.273. The molecule has 0 aromatic rings. The number of hydrazone groups is 1. The lowest BCUT2D eigenvalue weighted by Crippen LogP contribution is -2.21. The lowest BCUT2D eigenvalue weighted by molar-refractivity contribution is 0.467. The van der Waals surface area contributed by atoms with Crippen molar-refractivity contribution in [1.82, 2.24) is 5.01 Å². The summed E-state index contributed by atoms with van der Waals surface area (Å²) in [6, 6.07) is 0. The van der Waals surface area contributed by atoms with E-state index in [1.54, 1.807) is 20.9 Å². The van der Waals surface area contributed by atoms with Crippen LogP contribution in [0.2, 0.25) is 0 Å². The van der Waals surface area contributed by atoms with Crippen molar-refractivity contribution in [2.45, 2.75) is 13.8 Å². The Bertz CT molecular complexity index is 301. The number of hydrogen-bond donors (Lipinski definition) is 2. The van der Waals surface area contributed by atoms with Gasteiger partial charge in [0.05, 0.1) is 11.4 Å². The summed E-state index contributed by atoms with van der Waals surface area (Å²) < 4.78 is 0.205. The first-order valence-corrected chi connectivity index (χ1v) is 4.94. The van der Waals surface area contributed by atoms with Gasteiger partial charge in [-0.05, 0) is 13.8 Å². The second-order valence-electron chi connectivity index (χ2n) is 2.68. The standard InChI is InChI=1S/C8H14IN5/c1-5(10)7(14(4)12-3)6(2)13-8(9)11/h11H,3,10H2,1-2,4H3/b7-5-,11-8?,13-6?. The minimum atomic E-state index is 0.205. The van der Waals surface area contributed by atoms with E-state index in [-0.39, 0.29) is 3.84 Å². The minimum absolute atomic E-state index is 0.205. The fourth-order valence-corrected chi connectivity index (χ4v) is 1.41. The van der Waals surface area contributed by atoms with Crippen molar-refractivity contribution in [1.29, 1.82) is 5.41 Å². The molecule has 0 heterocycles. The third-order valence-corrected chi connectivity index (χ3v) is 1.76. The number of nitrogens with zero attached hydrogens (tertiary/aromatic N) is 3. The summed E-state index contributed by atoms with van der Waals surface area (Å²) in [4.78, 5) is 3.99. The molecular formula is C8H14IN5. The van der Waals surface area contributed by atoms with Gasteiger partial charge in [0.1, 0.15) is 0 Å². The molecule has 0 rings (SSSR count). The zero-order valence-corrected chi connectivity index (χ0v) is 10.7. The summed E-state index contributed by atoms with van der Waals surface area (Å²) >= 11 is 1.82. The van der Waals surface area contributed by atoms with E-state index in [9.17, 15) is 0 Å². The molecule has 0 aromatic heterocycles. The molecule has 5 nitrogen and oxygen atoms in total. The molecule has 78 valence electrons. The van der Waals surface area contributed by atoms with Crippen LogP contribution >= 0.6 is 22.6 Å². The topological polar surface area (TPSA) is 77.8 Å². The van der Waals surface area contributed by atoms with E-state index in [0.717, 1.165) is 0 Å². The molecule has 0 bridgehead atoms. The average molecular weight is 307 g/mol. The monoisotopic (exact) mass is 307 g/mol. The number of hydrogen-bond acceptors (Lipinski definition) is 4. The van der Waals surface area contributed by atoms with E-state index < -0.39 is 0 Å². The smallest absolute Gasteiger partial charge is 0.183 e. The summed E-state index contributed by atoms with van der Waals surface area (Å²) in [6.07, 6.45) is 0. The molecule has 3 N–H and O–H groups in total. The highest BCUT2D eigenvalue weighted by atomic mass is 127. The highest BCUT2D eigenvalue weighted by Crippen LogP contribution is 2.08. The fourth-order valence-electron chi connectivity index (χ4n) is 1.05. The van der Waals surface area contributed by atoms with Crippen LogP contribution in [0.25, 0.3) is 0 Å². The Kier molecular flexibility index (Phi) is 5.36. The molecule has 0 unspecified atom stereocenters. The number of nitrogens with one attached hydrogen (secondary N) is 1. The molecule has 0 aromatic carbocycles. The van der Waals surface area contributed by atoms with Crippen molar-refractivity contribution in [3.63, 3.8) is 0 Å². The Balaban J connectivity index is 5.16. The van der Waals surface area contributed by atoms with E-state index >= 15 is 0 Å². The van der Waals surface area contributed by atoms with Crippen molar-refractivity contribution >= 4 is 38.9 Å². The summed E-state index contributed by atoms with van der Waals surface area (Å²) in [5, 5.41) is 12.5. The van der Waals surface area contributed by atoms with E-state index in [1.807, 2.05) is 22.6 Å². The Hall–Kier alpha value is -0.920. The van der Waals surface area contributed by atoms with Gasteiger partial charge in [0.25, 0.3) is 0 Å². The molecule has 0 radical (unpaired) electrons. The lowest BCUT2D eigenvalue weighted by Gasteiger charge is -2.17. The largest absolute Gasteiger partial charge is 0.400 e. The third-order valence-electron chi connectivity index (χ3n) is 1.52. The van der Waals surface area contributed by atoms with Crippen LogP contribution in [-0.2, 0) is 0 Å². The van der Waals surface area contributed by atoms with Crippen LogP contribution in [-0.4, -0.2) is 28.3 Å². The minimum Gasteiger partial charge on any atom is -0.400 e. The second kappa shape index (κ2) is 5.74. The molecule has 0 aliphatic carbocycles. The van der Waals surface area contributed by atoms with Crippen LogP contribution in [0.15, 0.2) is 21.5 Å². The predicted molar refractivity (Wildman–Crippen MR) is 69.1 cm³/mol. The van der Waals surface area contributed by atoms with Crippen LogP contribution in [0.5, 0.6) is 0 Å². The summed E-state index contributed by atoms with van der Waals surface area (Å²) in [5.41, 5.74) is 7.62. The Morgan fingerprint density at radius 3 is 2.29 bits per heavy atom. The normalized spacial score (nSPS) is 13.3. The van der Waals surface area contributed by atoms with E-state index in [0.29, 0.717) is 17.1 Å². The second-order valence-corrected chi connectivity index (χ2v) is 3.71. The van der Waals surface area contributed by atoms with Gasteiger partial charge in [-0.3, -0.25) is 10.4 Å². The maximum atomic E-state index is 7.23. The van der Waals surface area contributed by atoms with E-state index in [4.69, 9.17) is 11.1 Å². The fraction of sp³-hybridized carbons (Fsp3) is 0.375. The number of rotatable bonds is 3. The van der Waals surface area contributed by atoms with Gasteiger partial charge in [0.15, 0.2) is 3.84 Å². The molecule has 6 heteroatoms. The van der Waals surface area contributed by atoms with Crippen molar-refractivity contribution < 1.29 is 0 Å². The lowest BCUT2D eigenvalue weighted by atomic mass is 10.2. The van der Waals surface area contributed by atoms with Crippen LogP contribution in [0.4, 0.5) is 0 Å². The average Bonchev–Trinajstić information content (AvgIpc) is 2.01. The number of nitrogens with two attached hydrogens (primary N) is 1. The van der Waals surface area contributed by atoms with Crippen molar-refractivity contribution in [2.75, 3.05) is 7.05 Å². The van der Waals surface area contributed by atoms with Gasteiger partial charge in [-0.25, -0.2) is 4.99 Å². The SMILES string of the molecule is C=NN(C)/C(C(C)=NC(=N)I)=C(/C)N. The summed E-state index contributed by atoms with van der Waals surface area (Å²) in [7, 11) is 1.73. The first kappa shape index (κ1) is 13.1. The van der Waals surface area contributed by atoms with E-state index in [1.165, 1.54) is 5.01 Å². The number of amidine groups is 1. The van der Waals surface area contributed by atoms with E-state index in [2.05, 4.69) is 16.8 Å². The van der Waals surface area contributed by atoms with Crippen LogP contribution in [0.1, 0.15) is 13.8 Å². The predicted octanol–water partition coefficient (Wildman–Crippen LogP) is 1.55. The van der Waals surface area contributed by atoms with Crippen LogP contribution in [0, 0.1) is 5.41 Å². The Morgan fingerprint density at radius 2 is 2.00 bits per heavy atom. The van der Waals surface area contributed by atoms with Gasteiger partial charge in [0, 0.05) is 42.1 Å². The van der Waals surface area contributed by atoms with Crippen molar-refractivity contribution in [2.24, 2.45) is 15.8 Å². The van der Waals surface area contributed by atoms with Crippen LogP contribution < -0.4 is 5.73 Å². The van der Waals surface area contributed by atoms with Crippen molar-refractivity contribution in [3.05, 3.63) is 11.4 Å². The molecular weight excluding hydrogens is 293 g/mol. The van der Waals surface area contributed by atoms with Crippen LogP contribution in [0.3, 0.4) is 0 Å². The Labute approximate surface area is 97.4 Å². The highest BCUT2D eigenvalue weighted by molar-refractivity contribution is 14.1. The molecule has 0 aliphatic rings. The van der Waals surface area contributed by atoms with Gasteiger partial charge >= 0.3 is 0 Å². The molecule has 0 aliphatic heterocycles. The van der Waals surface area contributed by atoms with Gasteiger partial charge in [-0.15, -0.1) is 0 Å². The first-order valence-electron chi connectivity index (χ1n) is 3.86. The zero-order valence-electron chi connectivity index (χ0n) is 8.50. The molecule has 0 atom stereocenters. The molecule has 0 saturated heterocycles. The molecule has 0 fully saturated rings. The molecule has 0 amide bonds. The van der Waals surface area contributed by atoms with Gasteiger partial charge in [-0.2, -0.15) is 5.10 Å². The maximum Gasteiger partial charge on any atom is 0.183 e.